The average Bonchev–Trinajstić information content (AvgIpc) is 1.89. The van der Waals surface area contributed by atoms with Crippen LogP contribution in [-0.2, 0) is 0 Å². The average molecular weight is 141 g/mol. The molecule has 0 aromatic carbocycles. The molecule has 0 aromatic rings. The van der Waals surface area contributed by atoms with E-state index in [-0.39, 0.29) is 12.7 Å². The molecule has 0 saturated heterocycles. The van der Waals surface area contributed by atoms with Crippen LogP contribution < -0.4 is 0 Å². The summed E-state index contributed by atoms with van der Waals surface area (Å²) in [6, 6.07) is 0. The Hall–Kier alpha value is -0.520. The first kappa shape index (κ1) is 9.48. The first-order valence-corrected chi connectivity index (χ1v) is 3.35. The van der Waals surface area contributed by atoms with Crippen molar-refractivity contribution >= 4 is 0 Å². The zero-order chi connectivity index (χ0) is 7.82. The smallest absolute Gasteiger partial charge is 0.104 e. The van der Waals surface area contributed by atoms with E-state index < -0.39 is 0 Å². The van der Waals surface area contributed by atoms with Gasteiger partial charge in [0.05, 0.1) is 6.10 Å². The SMILES string of the molecule is [CH2]CCC(O)CC#CCO. The molecule has 0 bridgehead atoms. The molecule has 0 aromatic heterocycles. The van der Waals surface area contributed by atoms with Crippen LogP contribution >= 0.6 is 0 Å². The Morgan fingerprint density at radius 1 is 1.40 bits per heavy atom. The molecule has 0 rings (SSSR count). The Morgan fingerprint density at radius 2 is 2.10 bits per heavy atom. The highest BCUT2D eigenvalue weighted by atomic mass is 16.3. The highest BCUT2D eigenvalue weighted by molar-refractivity contribution is 4.99. The van der Waals surface area contributed by atoms with Crippen molar-refractivity contribution in [2.75, 3.05) is 6.61 Å². The first-order chi connectivity index (χ1) is 4.81. The minimum absolute atomic E-state index is 0.128. The van der Waals surface area contributed by atoms with Crippen molar-refractivity contribution in [3.63, 3.8) is 0 Å². The van der Waals surface area contributed by atoms with Gasteiger partial charge >= 0.3 is 0 Å². The third kappa shape index (κ3) is 5.61. The van der Waals surface area contributed by atoms with Gasteiger partial charge in [0.25, 0.3) is 0 Å². The van der Waals surface area contributed by atoms with Crippen LogP contribution in [0.2, 0.25) is 0 Å². The molecular formula is C8H13O2. The number of hydrogen-bond acceptors (Lipinski definition) is 2. The summed E-state index contributed by atoms with van der Waals surface area (Å²) < 4.78 is 0. The Morgan fingerprint density at radius 3 is 2.60 bits per heavy atom. The van der Waals surface area contributed by atoms with E-state index in [0.717, 1.165) is 6.42 Å². The lowest BCUT2D eigenvalue weighted by molar-refractivity contribution is 0.171. The molecule has 2 N–H and O–H groups in total. The van der Waals surface area contributed by atoms with Crippen LogP contribution in [0, 0.1) is 18.8 Å². The van der Waals surface area contributed by atoms with Gasteiger partial charge in [0.2, 0.25) is 0 Å². The predicted octanol–water partition coefficient (Wildman–Crippen LogP) is 0.347. The zero-order valence-corrected chi connectivity index (χ0v) is 6.01. The Bertz CT molecular complexity index is 121. The molecule has 0 aliphatic heterocycles. The number of hydrogen-bond donors (Lipinski definition) is 2. The molecule has 0 fully saturated rings. The van der Waals surface area contributed by atoms with Crippen LogP contribution in [0.1, 0.15) is 19.3 Å². The molecule has 0 spiro atoms. The van der Waals surface area contributed by atoms with Crippen LogP contribution in [-0.4, -0.2) is 22.9 Å². The number of aliphatic hydroxyl groups is 2. The molecule has 57 valence electrons. The van der Waals surface area contributed by atoms with Crippen LogP contribution in [0.25, 0.3) is 0 Å². The molecule has 0 amide bonds. The molecule has 0 heterocycles. The lowest BCUT2D eigenvalue weighted by atomic mass is 10.1. The molecule has 2 nitrogen and oxygen atoms in total. The lowest BCUT2D eigenvalue weighted by Gasteiger charge is -2.01. The third-order valence-electron chi connectivity index (χ3n) is 1.08. The van der Waals surface area contributed by atoms with Crippen molar-refractivity contribution in [2.45, 2.75) is 25.4 Å². The molecule has 1 unspecified atom stereocenters. The van der Waals surface area contributed by atoms with Crippen molar-refractivity contribution in [1.29, 1.82) is 0 Å². The molecule has 0 saturated carbocycles. The minimum atomic E-state index is -0.378. The van der Waals surface area contributed by atoms with Crippen LogP contribution in [0.15, 0.2) is 0 Å². The monoisotopic (exact) mass is 141 g/mol. The van der Waals surface area contributed by atoms with E-state index in [0.29, 0.717) is 12.8 Å². The Kier molecular flexibility index (Phi) is 6.25. The molecule has 1 radical (unpaired) electrons. The maximum atomic E-state index is 9.05. The van der Waals surface area contributed by atoms with E-state index in [4.69, 9.17) is 10.2 Å². The summed E-state index contributed by atoms with van der Waals surface area (Å²) in [5.74, 6) is 5.10. The van der Waals surface area contributed by atoms with Gasteiger partial charge < -0.3 is 10.2 Å². The van der Waals surface area contributed by atoms with Gasteiger partial charge in [0.1, 0.15) is 6.61 Å². The molecule has 10 heavy (non-hydrogen) atoms. The summed E-state index contributed by atoms with van der Waals surface area (Å²) >= 11 is 0. The Labute approximate surface area is 61.9 Å². The third-order valence-corrected chi connectivity index (χ3v) is 1.08. The molecular weight excluding hydrogens is 128 g/mol. The highest BCUT2D eigenvalue weighted by Gasteiger charge is 1.97. The van der Waals surface area contributed by atoms with E-state index in [1.54, 1.807) is 0 Å². The summed E-state index contributed by atoms with van der Waals surface area (Å²) in [6.45, 7) is 3.47. The normalized spacial score (nSPS) is 11.9. The summed E-state index contributed by atoms with van der Waals surface area (Å²) in [5, 5.41) is 17.3. The highest BCUT2D eigenvalue weighted by Crippen LogP contribution is 1.98. The van der Waals surface area contributed by atoms with Crippen molar-refractivity contribution in [2.24, 2.45) is 0 Å². The van der Waals surface area contributed by atoms with E-state index in [9.17, 15) is 0 Å². The van der Waals surface area contributed by atoms with Crippen LogP contribution in [0.3, 0.4) is 0 Å². The molecule has 0 aliphatic carbocycles. The van der Waals surface area contributed by atoms with Gasteiger partial charge in [0, 0.05) is 6.42 Å². The second-order valence-electron chi connectivity index (χ2n) is 2.01. The van der Waals surface area contributed by atoms with E-state index in [2.05, 4.69) is 18.8 Å². The second kappa shape index (κ2) is 6.60. The first-order valence-electron chi connectivity index (χ1n) is 3.35. The largest absolute Gasteiger partial charge is 0.392 e. The van der Waals surface area contributed by atoms with Crippen molar-refractivity contribution < 1.29 is 10.2 Å². The topological polar surface area (TPSA) is 40.5 Å². The lowest BCUT2D eigenvalue weighted by Crippen LogP contribution is -2.03. The van der Waals surface area contributed by atoms with E-state index in [1.807, 2.05) is 0 Å². The fourth-order valence-electron chi connectivity index (χ4n) is 0.584. The summed E-state index contributed by atoms with van der Waals surface area (Å²) in [7, 11) is 0. The maximum Gasteiger partial charge on any atom is 0.104 e. The van der Waals surface area contributed by atoms with Crippen molar-refractivity contribution in [3.05, 3.63) is 6.92 Å². The summed E-state index contributed by atoms with van der Waals surface area (Å²) in [6.07, 6.45) is 1.47. The van der Waals surface area contributed by atoms with Gasteiger partial charge in [-0.3, -0.25) is 0 Å². The fraction of sp³-hybridized carbons (Fsp3) is 0.625. The van der Waals surface area contributed by atoms with Crippen molar-refractivity contribution in [3.8, 4) is 11.8 Å². The number of aliphatic hydroxyl groups excluding tert-OH is 2. The molecule has 0 aliphatic rings. The maximum absolute atomic E-state index is 9.05. The minimum Gasteiger partial charge on any atom is -0.392 e. The van der Waals surface area contributed by atoms with Crippen molar-refractivity contribution in [1.82, 2.24) is 0 Å². The predicted molar refractivity (Wildman–Crippen MR) is 40.1 cm³/mol. The Balaban J connectivity index is 3.29. The molecule has 2 heteroatoms. The van der Waals surface area contributed by atoms with E-state index in [1.165, 1.54) is 0 Å². The zero-order valence-electron chi connectivity index (χ0n) is 6.01. The van der Waals surface area contributed by atoms with Crippen LogP contribution in [0.4, 0.5) is 0 Å². The fourth-order valence-corrected chi connectivity index (χ4v) is 0.584. The summed E-state index contributed by atoms with van der Waals surface area (Å²) in [4.78, 5) is 0. The van der Waals surface area contributed by atoms with Gasteiger partial charge in [-0.25, -0.2) is 0 Å². The van der Waals surface area contributed by atoms with Gasteiger partial charge in [-0.1, -0.05) is 25.2 Å². The standard InChI is InChI=1S/C8H13O2/c1-2-5-8(10)6-3-4-7-9/h8-10H,1-2,5-7H2. The van der Waals surface area contributed by atoms with E-state index >= 15 is 0 Å². The van der Waals surface area contributed by atoms with Crippen LogP contribution in [0.5, 0.6) is 0 Å². The van der Waals surface area contributed by atoms with Gasteiger partial charge in [-0.2, -0.15) is 0 Å². The quantitative estimate of drug-likeness (QED) is 0.557. The number of rotatable bonds is 3. The summed E-state index contributed by atoms with van der Waals surface area (Å²) in [5.41, 5.74) is 0. The van der Waals surface area contributed by atoms with Gasteiger partial charge in [0.15, 0.2) is 0 Å². The van der Waals surface area contributed by atoms with Gasteiger partial charge in [-0.15, -0.1) is 0 Å². The molecule has 1 atom stereocenters. The second-order valence-corrected chi connectivity index (χ2v) is 2.01. The van der Waals surface area contributed by atoms with Gasteiger partial charge in [-0.05, 0) is 6.42 Å².